The number of benzene rings is 1. The lowest BCUT2D eigenvalue weighted by molar-refractivity contribution is 0.0948. The number of nitrogens with one attached hydrogen (secondary N) is 1. The van der Waals surface area contributed by atoms with Gasteiger partial charge >= 0.3 is 0 Å². The molecule has 1 amide bonds. The first-order valence-corrected chi connectivity index (χ1v) is 9.03. The zero-order valence-corrected chi connectivity index (χ0v) is 14.9. The van der Waals surface area contributed by atoms with E-state index in [4.69, 9.17) is 0 Å². The number of aryl methyl sites for hydroxylation is 1. The highest BCUT2D eigenvalue weighted by Gasteiger charge is 2.18. The minimum Gasteiger partial charge on any atom is -0.345 e. The van der Waals surface area contributed by atoms with E-state index < -0.39 is 0 Å². The number of fused-ring (bicyclic) bond motifs is 1. The standard InChI is InChI=1S/C19H22N6O/c1-14-16(12-21-25(14)15-8-4-2-5-9-15)19(26)20-13-18-23-22-17-10-6-3-7-11-24(17)18/h2,4-5,8-9,12H,3,6-7,10-11,13H2,1H3,(H,20,26). The summed E-state index contributed by atoms with van der Waals surface area (Å²) in [5.74, 6) is 1.71. The van der Waals surface area contributed by atoms with Crippen LogP contribution in [-0.2, 0) is 19.5 Å². The molecule has 134 valence electrons. The van der Waals surface area contributed by atoms with Crippen LogP contribution in [0, 0.1) is 6.92 Å². The van der Waals surface area contributed by atoms with Gasteiger partial charge in [0.25, 0.3) is 5.91 Å². The Bertz CT molecular complexity index is 912. The molecule has 4 rings (SSSR count). The zero-order valence-electron chi connectivity index (χ0n) is 14.9. The van der Waals surface area contributed by atoms with Crippen molar-refractivity contribution in [2.24, 2.45) is 0 Å². The van der Waals surface area contributed by atoms with Crippen LogP contribution in [0.1, 0.15) is 47.0 Å². The third kappa shape index (κ3) is 3.12. The van der Waals surface area contributed by atoms with Crippen molar-refractivity contribution in [3.05, 3.63) is 59.4 Å². The first-order chi connectivity index (χ1) is 12.7. The fraction of sp³-hybridized carbons (Fsp3) is 0.368. The summed E-state index contributed by atoms with van der Waals surface area (Å²) in [6.07, 6.45) is 6.08. The third-order valence-electron chi connectivity index (χ3n) is 4.85. The average Bonchev–Trinajstić information content (AvgIpc) is 3.15. The highest BCUT2D eigenvalue weighted by molar-refractivity contribution is 5.95. The van der Waals surface area contributed by atoms with Crippen molar-refractivity contribution < 1.29 is 4.79 Å². The monoisotopic (exact) mass is 350 g/mol. The average molecular weight is 350 g/mol. The highest BCUT2D eigenvalue weighted by atomic mass is 16.1. The van der Waals surface area contributed by atoms with Gasteiger partial charge in [-0.1, -0.05) is 24.6 Å². The van der Waals surface area contributed by atoms with Crippen molar-refractivity contribution in [3.63, 3.8) is 0 Å². The molecule has 0 aliphatic carbocycles. The van der Waals surface area contributed by atoms with Crippen molar-refractivity contribution >= 4 is 5.91 Å². The molecule has 0 saturated heterocycles. The molecule has 1 N–H and O–H groups in total. The van der Waals surface area contributed by atoms with Crippen LogP contribution in [0.2, 0.25) is 0 Å². The Hall–Kier alpha value is -2.96. The lowest BCUT2D eigenvalue weighted by Gasteiger charge is -2.08. The van der Waals surface area contributed by atoms with Crippen LogP contribution >= 0.6 is 0 Å². The molecule has 0 bridgehead atoms. The van der Waals surface area contributed by atoms with Crippen molar-refractivity contribution in [3.8, 4) is 5.69 Å². The van der Waals surface area contributed by atoms with Gasteiger partial charge in [0.1, 0.15) is 5.82 Å². The van der Waals surface area contributed by atoms with Crippen LogP contribution in [0.15, 0.2) is 36.5 Å². The number of hydrogen-bond donors (Lipinski definition) is 1. The fourth-order valence-electron chi connectivity index (χ4n) is 3.39. The van der Waals surface area contributed by atoms with Gasteiger partial charge in [-0.3, -0.25) is 4.79 Å². The molecule has 1 aliphatic rings. The molecule has 7 nitrogen and oxygen atoms in total. The van der Waals surface area contributed by atoms with Crippen LogP contribution in [0.25, 0.3) is 5.69 Å². The van der Waals surface area contributed by atoms with Crippen LogP contribution in [-0.4, -0.2) is 30.5 Å². The van der Waals surface area contributed by atoms with E-state index in [-0.39, 0.29) is 5.91 Å². The molecular weight excluding hydrogens is 328 g/mol. The van der Waals surface area contributed by atoms with Crippen molar-refractivity contribution in [1.82, 2.24) is 29.9 Å². The van der Waals surface area contributed by atoms with Gasteiger partial charge < -0.3 is 9.88 Å². The smallest absolute Gasteiger partial charge is 0.255 e. The topological polar surface area (TPSA) is 77.6 Å². The Labute approximate surface area is 152 Å². The van der Waals surface area contributed by atoms with Gasteiger partial charge in [0.15, 0.2) is 5.82 Å². The molecule has 3 aromatic rings. The SMILES string of the molecule is Cc1c(C(=O)NCc2nnc3n2CCCCC3)cnn1-c1ccccc1. The zero-order chi connectivity index (χ0) is 17.9. The molecule has 0 fully saturated rings. The van der Waals surface area contributed by atoms with Gasteiger partial charge in [0.2, 0.25) is 0 Å². The normalized spacial score (nSPS) is 13.9. The molecule has 1 aliphatic heterocycles. The quantitative estimate of drug-likeness (QED) is 0.784. The maximum absolute atomic E-state index is 12.6. The van der Waals surface area contributed by atoms with Gasteiger partial charge in [-0.05, 0) is 31.9 Å². The van der Waals surface area contributed by atoms with E-state index in [2.05, 4.69) is 25.2 Å². The van der Waals surface area contributed by atoms with Crippen LogP contribution in [0.4, 0.5) is 0 Å². The van der Waals surface area contributed by atoms with Crippen molar-refractivity contribution in [2.75, 3.05) is 0 Å². The molecule has 1 aromatic carbocycles. The summed E-state index contributed by atoms with van der Waals surface area (Å²) in [6, 6.07) is 9.79. The number of nitrogens with zero attached hydrogens (tertiary/aromatic N) is 5. The predicted octanol–water partition coefficient (Wildman–Crippen LogP) is 2.43. The van der Waals surface area contributed by atoms with Crippen LogP contribution < -0.4 is 5.32 Å². The molecular formula is C19H22N6O. The summed E-state index contributed by atoms with van der Waals surface area (Å²) in [4.78, 5) is 12.6. The van der Waals surface area contributed by atoms with E-state index in [1.54, 1.807) is 10.9 Å². The molecule has 0 radical (unpaired) electrons. The van der Waals surface area contributed by atoms with E-state index in [0.717, 1.165) is 48.8 Å². The van der Waals surface area contributed by atoms with Gasteiger partial charge in [0.05, 0.1) is 29.7 Å². The summed E-state index contributed by atoms with van der Waals surface area (Å²) in [5, 5.41) is 15.9. The summed E-state index contributed by atoms with van der Waals surface area (Å²) in [5.41, 5.74) is 2.32. The second-order valence-corrected chi connectivity index (χ2v) is 6.57. The Morgan fingerprint density at radius 1 is 1.15 bits per heavy atom. The fourth-order valence-corrected chi connectivity index (χ4v) is 3.39. The number of rotatable bonds is 4. The molecule has 3 heterocycles. The van der Waals surface area contributed by atoms with Gasteiger partial charge in [-0.2, -0.15) is 5.10 Å². The molecule has 0 unspecified atom stereocenters. The number of hydrogen-bond acceptors (Lipinski definition) is 4. The van der Waals surface area contributed by atoms with E-state index in [1.165, 1.54) is 6.42 Å². The Morgan fingerprint density at radius 3 is 2.85 bits per heavy atom. The molecule has 0 saturated carbocycles. The lowest BCUT2D eigenvalue weighted by atomic mass is 10.2. The number of para-hydroxylation sites is 1. The molecule has 26 heavy (non-hydrogen) atoms. The Balaban J connectivity index is 1.48. The summed E-state index contributed by atoms with van der Waals surface area (Å²) in [6.45, 7) is 3.21. The largest absolute Gasteiger partial charge is 0.345 e. The summed E-state index contributed by atoms with van der Waals surface area (Å²) >= 11 is 0. The number of aromatic nitrogens is 5. The van der Waals surface area contributed by atoms with E-state index in [1.807, 2.05) is 37.3 Å². The van der Waals surface area contributed by atoms with Gasteiger partial charge in [-0.15, -0.1) is 10.2 Å². The number of amides is 1. The molecule has 2 aromatic heterocycles. The minimum atomic E-state index is -0.143. The van der Waals surface area contributed by atoms with Crippen LogP contribution in [0.5, 0.6) is 0 Å². The summed E-state index contributed by atoms with van der Waals surface area (Å²) in [7, 11) is 0. The van der Waals surface area contributed by atoms with Crippen molar-refractivity contribution in [2.45, 2.75) is 45.7 Å². The van der Waals surface area contributed by atoms with Crippen molar-refractivity contribution in [1.29, 1.82) is 0 Å². The van der Waals surface area contributed by atoms with E-state index in [0.29, 0.717) is 12.1 Å². The first-order valence-electron chi connectivity index (χ1n) is 9.03. The third-order valence-corrected chi connectivity index (χ3v) is 4.85. The lowest BCUT2D eigenvalue weighted by Crippen LogP contribution is -2.25. The second kappa shape index (κ2) is 7.11. The molecule has 0 atom stereocenters. The minimum absolute atomic E-state index is 0.143. The van der Waals surface area contributed by atoms with Gasteiger partial charge in [-0.25, -0.2) is 4.68 Å². The van der Waals surface area contributed by atoms with E-state index >= 15 is 0 Å². The van der Waals surface area contributed by atoms with E-state index in [9.17, 15) is 4.79 Å². The number of carbonyl (C=O) groups is 1. The maximum atomic E-state index is 12.6. The highest BCUT2D eigenvalue weighted by Crippen LogP contribution is 2.16. The first kappa shape index (κ1) is 16.5. The second-order valence-electron chi connectivity index (χ2n) is 6.57. The molecule has 0 spiro atoms. The van der Waals surface area contributed by atoms with Gasteiger partial charge in [0, 0.05) is 13.0 Å². The maximum Gasteiger partial charge on any atom is 0.255 e. The Morgan fingerprint density at radius 2 is 2.00 bits per heavy atom. The Kier molecular flexibility index (Phi) is 4.51. The number of carbonyl (C=O) groups excluding carboxylic acids is 1. The summed E-state index contributed by atoms with van der Waals surface area (Å²) < 4.78 is 3.92. The predicted molar refractivity (Wildman–Crippen MR) is 97.0 cm³/mol. The molecule has 7 heteroatoms. The van der Waals surface area contributed by atoms with Crippen LogP contribution in [0.3, 0.4) is 0 Å².